The number of aromatic nitrogens is 1. The number of benzene rings is 3. The molecule has 31 heavy (non-hydrogen) atoms. The Morgan fingerprint density at radius 1 is 0.806 bits per heavy atom. The summed E-state index contributed by atoms with van der Waals surface area (Å²) in [5.74, 6) is 1.65. The van der Waals surface area contributed by atoms with Gasteiger partial charge in [0.1, 0.15) is 11.5 Å². The molecule has 0 aliphatic carbocycles. The number of thiazole rings is 1. The predicted molar refractivity (Wildman–Crippen MR) is 126 cm³/mol. The summed E-state index contributed by atoms with van der Waals surface area (Å²) in [5.41, 5.74) is 5.00. The molecule has 156 valence electrons. The monoisotopic (exact) mass is 429 g/mol. The predicted octanol–water partition coefficient (Wildman–Crippen LogP) is 5.55. The molecule has 0 aliphatic heterocycles. The topological polar surface area (TPSA) is 48.1 Å². The summed E-state index contributed by atoms with van der Waals surface area (Å²) in [7, 11) is 3.33. The number of para-hydroxylation sites is 1. The van der Waals surface area contributed by atoms with Crippen LogP contribution >= 0.6 is 11.3 Å². The fraction of sp³-hybridized carbons (Fsp3) is 0.120. The molecule has 0 saturated carbocycles. The van der Waals surface area contributed by atoms with Gasteiger partial charge < -0.3 is 9.47 Å². The van der Waals surface area contributed by atoms with E-state index in [2.05, 4.69) is 44.4 Å². The fourth-order valence-corrected chi connectivity index (χ4v) is 4.03. The lowest BCUT2D eigenvalue weighted by atomic mass is 10.1. The molecule has 0 aliphatic rings. The Bertz CT molecular complexity index is 1240. The summed E-state index contributed by atoms with van der Waals surface area (Å²) < 4.78 is 12.7. The molecule has 4 aromatic rings. The molecule has 1 aromatic heterocycles. The zero-order valence-electron chi connectivity index (χ0n) is 17.6. The minimum absolute atomic E-state index is 0.796. The molecule has 0 saturated heterocycles. The molecule has 6 heteroatoms. The lowest BCUT2D eigenvalue weighted by molar-refractivity contribution is 0.414. The molecule has 1 heterocycles. The van der Waals surface area contributed by atoms with E-state index in [0.717, 1.165) is 44.5 Å². The lowest BCUT2D eigenvalue weighted by Gasteiger charge is -2.09. The van der Waals surface area contributed by atoms with E-state index in [1.807, 2.05) is 61.5 Å². The van der Waals surface area contributed by atoms with E-state index < -0.39 is 0 Å². The highest BCUT2D eigenvalue weighted by Gasteiger charge is 2.10. The van der Waals surface area contributed by atoms with Crippen molar-refractivity contribution < 1.29 is 9.47 Å². The molecule has 0 radical (unpaired) electrons. The molecule has 4 rings (SSSR count). The van der Waals surface area contributed by atoms with E-state index in [-0.39, 0.29) is 0 Å². The van der Waals surface area contributed by atoms with E-state index in [1.54, 1.807) is 25.6 Å². The summed E-state index contributed by atoms with van der Waals surface area (Å²) in [6.45, 7) is 1.95. The largest absolute Gasteiger partial charge is 0.497 e. The standard InChI is InChI=1S/C25H23N3O2S/c1-18(19-9-13-22(29-2)14-10-19)26-27-25-28(21-7-5-4-6-8-21)24(17-31-25)20-11-15-23(30-3)16-12-20/h4-17H,1-3H3/b26-18+,27-25-. The van der Waals surface area contributed by atoms with E-state index in [1.165, 1.54) is 0 Å². The summed E-state index contributed by atoms with van der Waals surface area (Å²) in [5, 5.41) is 11.2. The second-order valence-corrected chi connectivity index (χ2v) is 7.65. The van der Waals surface area contributed by atoms with Crippen molar-refractivity contribution in [3.8, 4) is 28.4 Å². The van der Waals surface area contributed by atoms with Crippen LogP contribution in [0.15, 0.2) is 94.4 Å². The third kappa shape index (κ3) is 4.59. The molecule has 0 unspecified atom stereocenters. The molecule has 0 N–H and O–H groups in total. The highest BCUT2D eigenvalue weighted by atomic mass is 32.1. The third-order valence-corrected chi connectivity index (χ3v) is 5.72. The van der Waals surface area contributed by atoms with Crippen molar-refractivity contribution in [1.29, 1.82) is 0 Å². The maximum Gasteiger partial charge on any atom is 0.215 e. The Labute approximate surface area is 185 Å². The Balaban J connectivity index is 1.79. The maximum atomic E-state index is 5.30. The van der Waals surface area contributed by atoms with Crippen molar-refractivity contribution in [2.24, 2.45) is 10.2 Å². The zero-order valence-corrected chi connectivity index (χ0v) is 18.5. The molecule has 0 fully saturated rings. The summed E-state index contributed by atoms with van der Waals surface area (Å²) in [6, 6.07) is 26.0. The lowest BCUT2D eigenvalue weighted by Crippen LogP contribution is -2.13. The van der Waals surface area contributed by atoms with Gasteiger partial charge in [-0.25, -0.2) is 0 Å². The van der Waals surface area contributed by atoms with Crippen LogP contribution in [0.2, 0.25) is 0 Å². The second-order valence-electron chi connectivity index (χ2n) is 6.82. The highest BCUT2D eigenvalue weighted by Crippen LogP contribution is 2.25. The van der Waals surface area contributed by atoms with Gasteiger partial charge in [0, 0.05) is 11.1 Å². The van der Waals surface area contributed by atoms with E-state index in [4.69, 9.17) is 9.47 Å². The van der Waals surface area contributed by atoms with Gasteiger partial charge in [-0.3, -0.25) is 4.57 Å². The summed E-state index contributed by atoms with van der Waals surface area (Å²) in [6.07, 6.45) is 0. The smallest absolute Gasteiger partial charge is 0.215 e. The van der Waals surface area contributed by atoms with Crippen molar-refractivity contribution in [3.63, 3.8) is 0 Å². The normalized spacial score (nSPS) is 12.1. The molecule has 0 bridgehead atoms. The van der Waals surface area contributed by atoms with Crippen LogP contribution in [-0.4, -0.2) is 24.5 Å². The highest BCUT2D eigenvalue weighted by molar-refractivity contribution is 7.07. The minimum Gasteiger partial charge on any atom is -0.497 e. The van der Waals surface area contributed by atoms with Crippen molar-refractivity contribution >= 4 is 17.0 Å². The Hall–Kier alpha value is -3.64. The van der Waals surface area contributed by atoms with Gasteiger partial charge in [-0.15, -0.1) is 16.4 Å². The van der Waals surface area contributed by atoms with Gasteiger partial charge in [-0.1, -0.05) is 18.2 Å². The van der Waals surface area contributed by atoms with Crippen LogP contribution in [0.1, 0.15) is 12.5 Å². The molecular formula is C25H23N3O2S. The van der Waals surface area contributed by atoms with Crippen molar-refractivity contribution in [3.05, 3.63) is 94.6 Å². The van der Waals surface area contributed by atoms with Crippen LogP contribution in [0.3, 0.4) is 0 Å². The summed E-state index contributed by atoms with van der Waals surface area (Å²) in [4.78, 5) is 0.796. The number of nitrogens with zero attached hydrogens (tertiary/aromatic N) is 3. The average Bonchev–Trinajstić information content (AvgIpc) is 3.27. The molecule has 0 atom stereocenters. The molecule has 0 spiro atoms. The van der Waals surface area contributed by atoms with Gasteiger partial charge in [0.25, 0.3) is 0 Å². The van der Waals surface area contributed by atoms with Crippen LogP contribution < -0.4 is 14.3 Å². The molecular weight excluding hydrogens is 406 g/mol. The van der Waals surface area contributed by atoms with Crippen molar-refractivity contribution in [1.82, 2.24) is 4.57 Å². The van der Waals surface area contributed by atoms with Crippen molar-refractivity contribution in [2.45, 2.75) is 6.92 Å². The van der Waals surface area contributed by atoms with Gasteiger partial charge in [-0.2, -0.15) is 5.10 Å². The van der Waals surface area contributed by atoms with Gasteiger partial charge in [0.2, 0.25) is 4.80 Å². The maximum absolute atomic E-state index is 5.30. The second kappa shape index (κ2) is 9.45. The number of ether oxygens (including phenoxy) is 2. The fourth-order valence-electron chi connectivity index (χ4n) is 3.18. The molecule has 5 nitrogen and oxygen atoms in total. The molecule has 0 amide bonds. The van der Waals surface area contributed by atoms with Crippen LogP contribution in [0, 0.1) is 0 Å². The van der Waals surface area contributed by atoms with Gasteiger partial charge in [0.15, 0.2) is 0 Å². The third-order valence-electron chi connectivity index (χ3n) is 4.90. The van der Waals surface area contributed by atoms with E-state index in [9.17, 15) is 0 Å². The van der Waals surface area contributed by atoms with Crippen molar-refractivity contribution in [2.75, 3.05) is 14.2 Å². The van der Waals surface area contributed by atoms with Crippen LogP contribution in [-0.2, 0) is 0 Å². The summed E-state index contributed by atoms with van der Waals surface area (Å²) >= 11 is 1.56. The molecule has 3 aromatic carbocycles. The Morgan fingerprint density at radius 3 is 2.03 bits per heavy atom. The first-order valence-electron chi connectivity index (χ1n) is 9.82. The number of hydrogen-bond acceptors (Lipinski definition) is 5. The first kappa shape index (κ1) is 20.6. The minimum atomic E-state index is 0.796. The first-order valence-corrected chi connectivity index (χ1v) is 10.7. The zero-order chi connectivity index (χ0) is 21.6. The first-order chi connectivity index (χ1) is 15.2. The quantitative estimate of drug-likeness (QED) is 0.298. The van der Waals surface area contributed by atoms with Gasteiger partial charge in [0.05, 0.1) is 25.6 Å². The van der Waals surface area contributed by atoms with E-state index >= 15 is 0 Å². The van der Waals surface area contributed by atoms with E-state index in [0.29, 0.717) is 0 Å². The van der Waals surface area contributed by atoms with Gasteiger partial charge in [-0.05, 0) is 78.7 Å². The van der Waals surface area contributed by atoms with Crippen LogP contribution in [0.25, 0.3) is 16.9 Å². The Kier molecular flexibility index (Phi) is 6.29. The average molecular weight is 430 g/mol. The van der Waals surface area contributed by atoms with Crippen LogP contribution in [0.4, 0.5) is 0 Å². The van der Waals surface area contributed by atoms with Crippen LogP contribution in [0.5, 0.6) is 11.5 Å². The number of hydrogen-bond donors (Lipinski definition) is 0. The Morgan fingerprint density at radius 2 is 1.42 bits per heavy atom. The van der Waals surface area contributed by atoms with Gasteiger partial charge >= 0.3 is 0 Å². The SMILES string of the molecule is COc1ccc(/C(C)=N/N=c2\scc(-c3ccc(OC)cc3)n2-c2ccccc2)cc1. The number of methoxy groups -OCH3 is 2. The number of rotatable bonds is 6.